The summed E-state index contributed by atoms with van der Waals surface area (Å²) < 4.78 is 0. The highest BCUT2D eigenvalue weighted by molar-refractivity contribution is 5.86. The van der Waals surface area contributed by atoms with E-state index in [0.29, 0.717) is 0 Å². The molecule has 1 aliphatic rings. The number of carboxylic acids is 1. The maximum absolute atomic E-state index is 11.0. The Bertz CT molecular complexity index is 521. The smallest absolute Gasteiger partial charge is 0.354 e. The molecular weight excluding hydrogens is 228 g/mol. The second-order valence-corrected chi connectivity index (χ2v) is 5.53. The SMILES string of the molecule is C=C(C)C1CC(C)(C)c2nc(C(=O)O)ccc2N1. The summed E-state index contributed by atoms with van der Waals surface area (Å²) in [6.45, 7) is 10.2. The van der Waals surface area contributed by atoms with Gasteiger partial charge < -0.3 is 10.4 Å². The van der Waals surface area contributed by atoms with Gasteiger partial charge in [0.25, 0.3) is 0 Å². The molecule has 0 saturated carbocycles. The molecule has 0 fully saturated rings. The monoisotopic (exact) mass is 246 g/mol. The largest absolute Gasteiger partial charge is 0.477 e. The van der Waals surface area contributed by atoms with Crippen LogP contribution in [-0.4, -0.2) is 22.1 Å². The van der Waals surface area contributed by atoms with Crippen LogP contribution in [0.3, 0.4) is 0 Å². The highest BCUT2D eigenvalue weighted by Gasteiger charge is 2.34. The van der Waals surface area contributed by atoms with Crippen LogP contribution in [0.25, 0.3) is 0 Å². The second-order valence-electron chi connectivity index (χ2n) is 5.53. The Kier molecular flexibility index (Phi) is 2.89. The van der Waals surface area contributed by atoms with Crippen molar-refractivity contribution in [3.63, 3.8) is 0 Å². The van der Waals surface area contributed by atoms with Crippen LogP contribution in [0.5, 0.6) is 0 Å². The van der Waals surface area contributed by atoms with Crippen LogP contribution < -0.4 is 5.32 Å². The molecule has 0 amide bonds. The van der Waals surface area contributed by atoms with Crippen molar-refractivity contribution < 1.29 is 9.90 Å². The minimum Gasteiger partial charge on any atom is -0.477 e. The fourth-order valence-electron chi connectivity index (χ4n) is 2.35. The molecule has 4 heteroatoms. The number of rotatable bonds is 2. The Morgan fingerprint density at radius 3 is 2.78 bits per heavy atom. The quantitative estimate of drug-likeness (QED) is 0.788. The number of hydrogen-bond donors (Lipinski definition) is 2. The van der Waals surface area contributed by atoms with Crippen molar-refractivity contribution >= 4 is 11.7 Å². The van der Waals surface area contributed by atoms with E-state index in [1.54, 1.807) is 6.07 Å². The number of nitrogens with one attached hydrogen (secondary N) is 1. The molecule has 96 valence electrons. The summed E-state index contributed by atoms with van der Waals surface area (Å²) >= 11 is 0. The van der Waals surface area contributed by atoms with Crippen molar-refractivity contribution in [3.8, 4) is 0 Å². The predicted molar refractivity (Wildman–Crippen MR) is 71.1 cm³/mol. The topological polar surface area (TPSA) is 62.2 Å². The normalized spacial score (nSPS) is 20.7. The van der Waals surface area contributed by atoms with Crippen molar-refractivity contribution in [2.75, 3.05) is 5.32 Å². The molecule has 0 spiro atoms. The summed E-state index contributed by atoms with van der Waals surface area (Å²) in [6.07, 6.45) is 0.866. The van der Waals surface area contributed by atoms with Crippen molar-refractivity contribution in [3.05, 3.63) is 35.7 Å². The lowest BCUT2D eigenvalue weighted by Gasteiger charge is -2.38. The predicted octanol–water partition coefficient (Wildman–Crippen LogP) is 2.82. The standard InChI is InChI=1S/C14H18N2O2/c1-8(2)11-7-14(3,4)12-9(15-11)5-6-10(16-12)13(17)18/h5-6,11,15H,1,7H2,2-4H3,(H,17,18). The van der Waals surface area contributed by atoms with Gasteiger partial charge in [-0.25, -0.2) is 9.78 Å². The Hall–Kier alpha value is -1.84. The van der Waals surface area contributed by atoms with Gasteiger partial charge in [-0.05, 0) is 25.5 Å². The van der Waals surface area contributed by atoms with Gasteiger partial charge in [-0.3, -0.25) is 0 Å². The number of pyridine rings is 1. The summed E-state index contributed by atoms with van der Waals surface area (Å²) in [6, 6.07) is 3.54. The molecule has 4 nitrogen and oxygen atoms in total. The second kappa shape index (κ2) is 4.12. The lowest BCUT2D eigenvalue weighted by Crippen LogP contribution is -2.37. The van der Waals surface area contributed by atoms with Crippen molar-refractivity contribution in [2.45, 2.75) is 38.6 Å². The minimum atomic E-state index is -0.990. The molecule has 0 radical (unpaired) electrons. The van der Waals surface area contributed by atoms with Gasteiger partial charge in [-0.15, -0.1) is 0 Å². The number of nitrogens with zero attached hydrogens (tertiary/aromatic N) is 1. The molecule has 1 aromatic heterocycles. The zero-order valence-electron chi connectivity index (χ0n) is 10.9. The zero-order valence-corrected chi connectivity index (χ0v) is 10.9. The summed E-state index contributed by atoms with van der Waals surface area (Å²) in [4.78, 5) is 15.2. The average molecular weight is 246 g/mol. The van der Waals surface area contributed by atoms with E-state index < -0.39 is 5.97 Å². The average Bonchev–Trinajstić information content (AvgIpc) is 2.27. The Morgan fingerprint density at radius 1 is 1.56 bits per heavy atom. The van der Waals surface area contributed by atoms with Crippen LogP contribution in [0.2, 0.25) is 0 Å². The number of aromatic carboxylic acids is 1. The first kappa shape index (κ1) is 12.6. The van der Waals surface area contributed by atoms with E-state index in [9.17, 15) is 4.79 Å². The number of fused-ring (bicyclic) bond motifs is 1. The molecule has 2 N–H and O–H groups in total. The molecule has 1 aliphatic heterocycles. The van der Waals surface area contributed by atoms with E-state index in [2.05, 4.69) is 30.7 Å². The lowest BCUT2D eigenvalue weighted by molar-refractivity contribution is 0.0690. The number of carbonyl (C=O) groups is 1. The van der Waals surface area contributed by atoms with Gasteiger partial charge in [0.05, 0.1) is 11.4 Å². The van der Waals surface area contributed by atoms with Crippen LogP contribution in [0, 0.1) is 0 Å². The Morgan fingerprint density at radius 2 is 2.22 bits per heavy atom. The highest BCUT2D eigenvalue weighted by atomic mass is 16.4. The third kappa shape index (κ3) is 2.10. The van der Waals surface area contributed by atoms with Crippen LogP contribution in [0.1, 0.15) is 43.4 Å². The van der Waals surface area contributed by atoms with Gasteiger partial charge in [0, 0.05) is 11.5 Å². The fraction of sp³-hybridized carbons (Fsp3) is 0.429. The van der Waals surface area contributed by atoms with E-state index >= 15 is 0 Å². The summed E-state index contributed by atoms with van der Waals surface area (Å²) in [7, 11) is 0. The highest BCUT2D eigenvalue weighted by Crippen LogP contribution is 2.39. The first-order valence-corrected chi connectivity index (χ1v) is 5.98. The van der Waals surface area contributed by atoms with E-state index in [0.717, 1.165) is 23.4 Å². The molecule has 18 heavy (non-hydrogen) atoms. The molecule has 2 rings (SSSR count). The van der Waals surface area contributed by atoms with Crippen molar-refractivity contribution in [1.82, 2.24) is 4.98 Å². The van der Waals surface area contributed by atoms with Crippen LogP contribution in [0.4, 0.5) is 5.69 Å². The van der Waals surface area contributed by atoms with Gasteiger partial charge in [0.15, 0.2) is 0 Å². The molecule has 2 heterocycles. The number of hydrogen-bond acceptors (Lipinski definition) is 3. The number of anilines is 1. The molecule has 1 aromatic rings. The molecule has 0 bridgehead atoms. The minimum absolute atomic E-state index is 0.0948. The van der Waals surface area contributed by atoms with Crippen molar-refractivity contribution in [2.24, 2.45) is 0 Å². The molecule has 0 aromatic carbocycles. The Balaban J connectivity index is 2.48. The van der Waals surface area contributed by atoms with E-state index in [-0.39, 0.29) is 17.2 Å². The third-order valence-electron chi connectivity index (χ3n) is 3.39. The summed E-state index contributed by atoms with van der Waals surface area (Å²) in [5, 5.41) is 12.4. The molecule has 0 saturated heterocycles. The van der Waals surface area contributed by atoms with Gasteiger partial charge >= 0.3 is 5.97 Å². The molecule has 0 aliphatic carbocycles. The van der Waals surface area contributed by atoms with E-state index in [1.165, 1.54) is 6.07 Å². The summed E-state index contributed by atoms with van der Waals surface area (Å²) in [5.74, 6) is -0.990. The summed E-state index contributed by atoms with van der Waals surface area (Å²) in [5.41, 5.74) is 2.74. The van der Waals surface area contributed by atoms with Gasteiger partial charge in [0.1, 0.15) is 5.69 Å². The molecule has 1 unspecified atom stereocenters. The molecular formula is C14H18N2O2. The number of aromatic nitrogens is 1. The zero-order chi connectivity index (χ0) is 13.5. The maximum Gasteiger partial charge on any atom is 0.354 e. The van der Waals surface area contributed by atoms with E-state index in [4.69, 9.17) is 5.11 Å². The van der Waals surface area contributed by atoms with Gasteiger partial charge in [-0.1, -0.05) is 26.0 Å². The molecule has 1 atom stereocenters. The Labute approximate surface area is 107 Å². The van der Waals surface area contributed by atoms with E-state index in [1.807, 2.05) is 6.92 Å². The van der Waals surface area contributed by atoms with Gasteiger partial charge in [-0.2, -0.15) is 0 Å². The number of carboxylic acid groups (broad SMARTS) is 1. The van der Waals surface area contributed by atoms with Crippen LogP contribution in [-0.2, 0) is 5.41 Å². The van der Waals surface area contributed by atoms with Crippen LogP contribution in [0.15, 0.2) is 24.3 Å². The fourth-order valence-corrected chi connectivity index (χ4v) is 2.35. The van der Waals surface area contributed by atoms with Crippen molar-refractivity contribution in [1.29, 1.82) is 0 Å². The van der Waals surface area contributed by atoms with Gasteiger partial charge in [0.2, 0.25) is 0 Å². The first-order valence-electron chi connectivity index (χ1n) is 5.98. The first-order chi connectivity index (χ1) is 8.31. The third-order valence-corrected chi connectivity index (χ3v) is 3.39. The van der Waals surface area contributed by atoms with Crippen LogP contribution >= 0.6 is 0 Å². The lowest BCUT2D eigenvalue weighted by atomic mass is 9.77. The maximum atomic E-state index is 11.0.